The molecule has 1 aliphatic rings. The van der Waals surface area contributed by atoms with Crippen molar-refractivity contribution in [2.45, 2.75) is 18.8 Å². The molecule has 5 aromatic rings. The minimum Gasteiger partial charge on any atom is -0.0622 e. The Balaban J connectivity index is 1.62. The summed E-state index contributed by atoms with van der Waals surface area (Å²) in [7, 11) is 0. The Labute approximate surface area is 196 Å². The number of hydrogen-bond donors (Lipinski definition) is 0. The molecule has 0 aromatic heterocycles. The van der Waals surface area contributed by atoms with E-state index in [1.807, 2.05) is 0 Å². The van der Waals surface area contributed by atoms with Crippen LogP contribution < -0.4 is 0 Å². The highest BCUT2D eigenvalue weighted by Crippen LogP contribution is 2.56. The van der Waals surface area contributed by atoms with E-state index in [0.29, 0.717) is 0 Å². The van der Waals surface area contributed by atoms with Gasteiger partial charge in [0.2, 0.25) is 0 Å². The number of benzene rings is 5. The third-order valence-electron chi connectivity index (χ3n) is 7.05. The van der Waals surface area contributed by atoms with Crippen LogP contribution in [0.1, 0.15) is 38.9 Å². The van der Waals surface area contributed by atoms with E-state index < -0.39 is 0 Å². The third-order valence-corrected chi connectivity index (χ3v) is 7.05. The van der Waals surface area contributed by atoms with Gasteiger partial charge in [-0.1, -0.05) is 133 Å². The molecule has 0 fully saturated rings. The van der Waals surface area contributed by atoms with Crippen LogP contribution in [0.2, 0.25) is 0 Å². The molecule has 0 atom stereocenters. The van der Waals surface area contributed by atoms with E-state index in [1.54, 1.807) is 0 Å². The maximum Gasteiger partial charge on any atom is 0.0713 e. The monoisotopic (exact) mass is 422 g/mol. The standard InChI is InChI=1S/C33H26/c1-24-16-18-25(19-17-24)22-26-20-21-30-29-14-8-9-15-31(29)33(32(30)23-26,27-10-4-2-5-11-27)28-12-6-3-7-13-28/h2-21,23H,22H2,1H3. The van der Waals surface area contributed by atoms with E-state index >= 15 is 0 Å². The maximum atomic E-state index is 2.45. The fourth-order valence-electron chi connectivity index (χ4n) is 5.54. The van der Waals surface area contributed by atoms with Gasteiger partial charge in [-0.3, -0.25) is 0 Å². The fraction of sp³-hybridized carbons (Fsp3) is 0.0909. The topological polar surface area (TPSA) is 0 Å². The molecular weight excluding hydrogens is 396 g/mol. The van der Waals surface area contributed by atoms with Gasteiger partial charge in [-0.2, -0.15) is 0 Å². The van der Waals surface area contributed by atoms with Gasteiger partial charge in [-0.25, -0.2) is 0 Å². The van der Waals surface area contributed by atoms with Crippen LogP contribution in [0.4, 0.5) is 0 Å². The molecule has 0 saturated heterocycles. The molecule has 0 bridgehead atoms. The van der Waals surface area contributed by atoms with Crippen molar-refractivity contribution in [2.24, 2.45) is 0 Å². The predicted molar refractivity (Wildman–Crippen MR) is 138 cm³/mol. The summed E-state index contributed by atoms with van der Waals surface area (Å²) >= 11 is 0. The highest BCUT2D eigenvalue weighted by Gasteiger charge is 2.45. The normalized spacial score (nSPS) is 13.4. The smallest absolute Gasteiger partial charge is 0.0622 e. The molecule has 0 nitrogen and oxygen atoms in total. The van der Waals surface area contributed by atoms with Gasteiger partial charge in [0.15, 0.2) is 0 Å². The van der Waals surface area contributed by atoms with Crippen LogP contribution in [0.25, 0.3) is 11.1 Å². The Morgan fingerprint density at radius 3 is 1.70 bits per heavy atom. The van der Waals surface area contributed by atoms with E-state index in [9.17, 15) is 0 Å². The molecule has 0 spiro atoms. The third kappa shape index (κ3) is 3.14. The minimum absolute atomic E-state index is 0.322. The Morgan fingerprint density at radius 1 is 0.485 bits per heavy atom. The first-order valence-electron chi connectivity index (χ1n) is 11.7. The summed E-state index contributed by atoms with van der Waals surface area (Å²) in [6.45, 7) is 2.14. The zero-order valence-corrected chi connectivity index (χ0v) is 18.8. The van der Waals surface area contributed by atoms with Gasteiger partial charge in [0.05, 0.1) is 5.41 Å². The van der Waals surface area contributed by atoms with Gasteiger partial charge in [-0.05, 0) is 57.9 Å². The largest absolute Gasteiger partial charge is 0.0713 e. The second-order valence-electron chi connectivity index (χ2n) is 9.07. The lowest BCUT2D eigenvalue weighted by molar-refractivity contribution is 0.767. The van der Waals surface area contributed by atoms with Crippen molar-refractivity contribution in [3.8, 4) is 11.1 Å². The van der Waals surface area contributed by atoms with Crippen LogP contribution in [-0.2, 0) is 11.8 Å². The molecule has 1 aliphatic carbocycles. The Bertz CT molecular complexity index is 1370. The van der Waals surface area contributed by atoms with Crippen molar-refractivity contribution in [3.05, 3.63) is 166 Å². The van der Waals surface area contributed by atoms with E-state index in [-0.39, 0.29) is 5.41 Å². The van der Waals surface area contributed by atoms with Crippen LogP contribution in [-0.4, -0.2) is 0 Å². The van der Waals surface area contributed by atoms with Gasteiger partial charge in [0.25, 0.3) is 0 Å². The van der Waals surface area contributed by atoms with Crippen LogP contribution in [0.15, 0.2) is 127 Å². The maximum absolute atomic E-state index is 2.45. The summed E-state index contributed by atoms with van der Waals surface area (Å²) in [5.41, 5.74) is 11.7. The molecule has 0 radical (unpaired) electrons. The summed E-state index contributed by atoms with van der Waals surface area (Å²) in [4.78, 5) is 0. The quantitative estimate of drug-likeness (QED) is 0.270. The molecule has 0 N–H and O–H groups in total. The lowest BCUT2D eigenvalue weighted by Gasteiger charge is -2.34. The predicted octanol–water partition coefficient (Wildman–Crippen LogP) is 7.95. The Kier molecular flexibility index (Phi) is 4.73. The molecule has 0 saturated carbocycles. The summed E-state index contributed by atoms with van der Waals surface area (Å²) in [5, 5.41) is 0. The van der Waals surface area contributed by atoms with Crippen LogP contribution in [0, 0.1) is 6.92 Å². The molecule has 158 valence electrons. The van der Waals surface area contributed by atoms with Crippen molar-refractivity contribution >= 4 is 0 Å². The zero-order chi connectivity index (χ0) is 22.3. The Morgan fingerprint density at radius 2 is 1.03 bits per heavy atom. The molecule has 0 aliphatic heterocycles. The SMILES string of the molecule is Cc1ccc(Cc2ccc3c(c2)C(c2ccccc2)(c2ccccc2)c2ccccc2-3)cc1. The first kappa shape index (κ1) is 19.8. The summed E-state index contributed by atoms with van der Waals surface area (Å²) in [6.07, 6.45) is 0.934. The summed E-state index contributed by atoms with van der Waals surface area (Å²) in [5.74, 6) is 0. The Hall–Kier alpha value is -3.90. The van der Waals surface area contributed by atoms with Crippen LogP contribution in [0.5, 0.6) is 0 Å². The minimum atomic E-state index is -0.322. The second-order valence-corrected chi connectivity index (χ2v) is 9.07. The fourth-order valence-corrected chi connectivity index (χ4v) is 5.54. The van der Waals surface area contributed by atoms with Crippen molar-refractivity contribution in [2.75, 3.05) is 0 Å². The summed E-state index contributed by atoms with van der Waals surface area (Å²) < 4.78 is 0. The molecular formula is C33H26. The first-order chi connectivity index (χ1) is 16.3. The van der Waals surface area contributed by atoms with E-state index in [2.05, 4.69) is 134 Å². The lowest BCUT2D eigenvalue weighted by atomic mass is 9.67. The first-order valence-corrected chi connectivity index (χ1v) is 11.7. The lowest BCUT2D eigenvalue weighted by Crippen LogP contribution is -2.28. The van der Waals surface area contributed by atoms with Gasteiger partial charge in [0.1, 0.15) is 0 Å². The number of hydrogen-bond acceptors (Lipinski definition) is 0. The molecule has 0 heterocycles. The van der Waals surface area contributed by atoms with Crippen molar-refractivity contribution in [3.63, 3.8) is 0 Å². The second kappa shape index (κ2) is 7.90. The molecule has 0 amide bonds. The van der Waals surface area contributed by atoms with Gasteiger partial charge < -0.3 is 0 Å². The van der Waals surface area contributed by atoms with Crippen molar-refractivity contribution < 1.29 is 0 Å². The van der Waals surface area contributed by atoms with Crippen LogP contribution in [0.3, 0.4) is 0 Å². The number of rotatable bonds is 4. The number of fused-ring (bicyclic) bond motifs is 3. The van der Waals surface area contributed by atoms with Crippen molar-refractivity contribution in [1.82, 2.24) is 0 Å². The van der Waals surface area contributed by atoms with Gasteiger partial charge in [0, 0.05) is 0 Å². The average Bonchev–Trinajstić information content (AvgIpc) is 3.17. The van der Waals surface area contributed by atoms with E-state index in [1.165, 1.54) is 50.1 Å². The highest BCUT2D eigenvalue weighted by atomic mass is 14.5. The zero-order valence-electron chi connectivity index (χ0n) is 18.8. The van der Waals surface area contributed by atoms with Gasteiger partial charge >= 0.3 is 0 Å². The van der Waals surface area contributed by atoms with Crippen molar-refractivity contribution in [1.29, 1.82) is 0 Å². The molecule has 6 rings (SSSR count). The highest BCUT2D eigenvalue weighted by molar-refractivity contribution is 5.86. The molecule has 0 heteroatoms. The van der Waals surface area contributed by atoms with Crippen LogP contribution >= 0.6 is 0 Å². The average molecular weight is 423 g/mol. The molecule has 33 heavy (non-hydrogen) atoms. The number of aryl methyl sites for hydroxylation is 1. The molecule has 0 unspecified atom stereocenters. The van der Waals surface area contributed by atoms with E-state index in [4.69, 9.17) is 0 Å². The molecule has 5 aromatic carbocycles. The van der Waals surface area contributed by atoms with E-state index in [0.717, 1.165) is 6.42 Å². The summed E-state index contributed by atoms with van der Waals surface area (Å²) in [6, 6.07) is 46.9. The van der Waals surface area contributed by atoms with Gasteiger partial charge in [-0.15, -0.1) is 0 Å².